The third-order valence-corrected chi connectivity index (χ3v) is 6.55. The van der Waals surface area contributed by atoms with Crippen molar-refractivity contribution in [3.05, 3.63) is 42.0 Å². The minimum atomic E-state index is -0.468. The van der Waals surface area contributed by atoms with Crippen LogP contribution in [0.25, 0.3) is 0 Å². The Hall–Kier alpha value is -2.96. The second-order valence-corrected chi connectivity index (χ2v) is 11.2. The van der Waals surface area contributed by atoms with Crippen molar-refractivity contribution in [1.82, 2.24) is 4.90 Å². The van der Waals surface area contributed by atoms with E-state index in [0.29, 0.717) is 56.1 Å². The van der Waals surface area contributed by atoms with Gasteiger partial charge >= 0.3 is 5.97 Å². The van der Waals surface area contributed by atoms with E-state index in [9.17, 15) is 9.59 Å². The quantitative estimate of drug-likeness (QED) is 0.282. The number of rotatable bonds is 9. The van der Waals surface area contributed by atoms with E-state index >= 15 is 0 Å². The molecule has 0 N–H and O–H groups in total. The van der Waals surface area contributed by atoms with E-state index in [2.05, 4.69) is 31.2 Å². The molecule has 3 rings (SSSR count). The number of nitrogens with zero attached hydrogens (tertiary/aromatic N) is 1. The molecule has 2 atom stereocenters. The molecular formula is C31H47NO6. The summed E-state index contributed by atoms with van der Waals surface area (Å²) in [7, 11) is 4.74. The van der Waals surface area contributed by atoms with Crippen molar-refractivity contribution in [3.63, 3.8) is 0 Å². The van der Waals surface area contributed by atoms with Crippen LogP contribution in [0.15, 0.2) is 36.4 Å². The second-order valence-electron chi connectivity index (χ2n) is 11.2. The second kappa shape index (κ2) is 15.5. The fraction of sp³-hybridized carbons (Fsp3) is 0.613. The number of hydrogen-bond acceptors (Lipinski definition) is 6. The number of hydrogen-bond donors (Lipinski definition) is 0. The minimum Gasteiger partial charge on any atom is -0.493 e. The van der Waals surface area contributed by atoms with Crippen LogP contribution < -0.4 is 14.2 Å². The molecule has 1 heterocycles. The van der Waals surface area contributed by atoms with E-state index in [1.807, 2.05) is 32.9 Å². The summed E-state index contributed by atoms with van der Waals surface area (Å²) in [6, 6.07) is 3.33. The summed E-state index contributed by atoms with van der Waals surface area (Å²) in [5, 5.41) is 0. The van der Waals surface area contributed by atoms with Gasteiger partial charge in [0.1, 0.15) is 6.04 Å². The molecule has 1 aromatic carbocycles. The van der Waals surface area contributed by atoms with Gasteiger partial charge in [0.15, 0.2) is 11.5 Å². The lowest BCUT2D eigenvalue weighted by Crippen LogP contribution is -2.49. The van der Waals surface area contributed by atoms with E-state index < -0.39 is 6.04 Å². The maximum Gasteiger partial charge on any atom is 0.328 e. The molecule has 0 radical (unpaired) electrons. The number of aryl methyl sites for hydroxylation is 1. The van der Waals surface area contributed by atoms with Crippen LogP contribution in [0.5, 0.6) is 17.2 Å². The van der Waals surface area contributed by atoms with Gasteiger partial charge in [-0.2, -0.15) is 0 Å². The molecule has 1 unspecified atom stereocenters. The fourth-order valence-electron chi connectivity index (χ4n) is 4.56. The maximum absolute atomic E-state index is 12.7. The zero-order chi connectivity index (χ0) is 28.1. The monoisotopic (exact) mass is 529 g/mol. The smallest absolute Gasteiger partial charge is 0.328 e. The molecule has 7 heteroatoms. The van der Waals surface area contributed by atoms with Gasteiger partial charge in [0.05, 0.1) is 27.9 Å². The Bertz CT molecular complexity index is 937. The van der Waals surface area contributed by atoms with Gasteiger partial charge in [0.25, 0.3) is 0 Å². The first kappa shape index (κ1) is 31.3. The first-order valence-electron chi connectivity index (χ1n) is 13.7. The standard InChI is InChI=1S/C24H37NO6.C7H10/c1-24(2,3)16-21(26)25-12-8-7-11-18(25)23(27)31-13-9-10-17-14-19(28-4)22(30-6)20(15-17)29-5;1-7-5-3-2-4-6-7/h14-15,18H,7-13,16H2,1-6H3;2-5,7H,6H2,1H3/t18-;/m0./s1. The van der Waals surface area contributed by atoms with Gasteiger partial charge in [-0.25, -0.2) is 4.79 Å². The van der Waals surface area contributed by atoms with Gasteiger partial charge in [-0.3, -0.25) is 4.79 Å². The number of carbonyl (C=O) groups is 2. The van der Waals surface area contributed by atoms with Crippen LogP contribution in [-0.4, -0.2) is 57.3 Å². The Morgan fingerprint density at radius 3 is 2.18 bits per heavy atom. The molecular weight excluding hydrogens is 482 g/mol. The lowest BCUT2D eigenvalue weighted by molar-refractivity contribution is -0.157. The number of esters is 1. The summed E-state index contributed by atoms with van der Waals surface area (Å²) < 4.78 is 21.7. The average Bonchev–Trinajstić information content (AvgIpc) is 2.90. The number of carbonyl (C=O) groups excluding carboxylic acids is 2. The molecule has 1 aliphatic heterocycles. The lowest BCUT2D eigenvalue weighted by Gasteiger charge is -2.35. The van der Waals surface area contributed by atoms with Gasteiger partial charge < -0.3 is 23.8 Å². The molecule has 0 spiro atoms. The van der Waals surface area contributed by atoms with Crippen LogP contribution >= 0.6 is 0 Å². The molecule has 1 amide bonds. The largest absolute Gasteiger partial charge is 0.493 e. The Morgan fingerprint density at radius 2 is 1.68 bits per heavy atom. The third kappa shape index (κ3) is 10.1. The van der Waals surface area contributed by atoms with Crippen molar-refractivity contribution in [3.8, 4) is 17.2 Å². The van der Waals surface area contributed by atoms with Crippen LogP contribution in [0.4, 0.5) is 0 Å². The summed E-state index contributed by atoms with van der Waals surface area (Å²) in [4.78, 5) is 27.1. The average molecular weight is 530 g/mol. The van der Waals surface area contributed by atoms with Crippen LogP contribution in [0, 0.1) is 11.3 Å². The van der Waals surface area contributed by atoms with E-state index in [4.69, 9.17) is 18.9 Å². The molecule has 1 aromatic rings. The van der Waals surface area contributed by atoms with E-state index in [1.54, 1.807) is 26.2 Å². The zero-order valence-electron chi connectivity index (χ0n) is 24.4. The van der Waals surface area contributed by atoms with Crippen molar-refractivity contribution in [2.24, 2.45) is 11.3 Å². The van der Waals surface area contributed by atoms with Crippen LogP contribution in [0.3, 0.4) is 0 Å². The first-order valence-corrected chi connectivity index (χ1v) is 13.7. The molecule has 212 valence electrons. The van der Waals surface area contributed by atoms with Gasteiger partial charge in [-0.1, -0.05) is 52.0 Å². The van der Waals surface area contributed by atoms with Gasteiger partial charge in [0, 0.05) is 13.0 Å². The van der Waals surface area contributed by atoms with Crippen molar-refractivity contribution in [2.75, 3.05) is 34.5 Å². The highest BCUT2D eigenvalue weighted by atomic mass is 16.5. The molecule has 2 aliphatic rings. The van der Waals surface area contributed by atoms with Crippen LogP contribution in [0.1, 0.15) is 71.8 Å². The molecule has 38 heavy (non-hydrogen) atoms. The number of piperidine rings is 1. The third-order valence-electron chi connectivity index (χ3n) is 6.55. The van der Waals surface area contributed by atoms with E-state index in [0.717, 1.165) is 24.3 Å². The molecule has 0 aromatic heterocycles. The van der Waals surface area contributed by atoms with E-state index in [1.165, 1.54) is 6.42 Å². The molecule has 1 saturated heterocycles. The Morgan fingerprint density at radius 1 is 1.00 bits per heavy atom. The van der Waals surface area contributed by atoms with Crippen molar-refractivity contribution < 1.29 is 28.5 Å². The normalized spacial score (nSPS) is 18.8. The zero-order valence-corrected chi connectivity index (χ0v) is 24.4. The summed E-state index contributed by atoms with van der Waals surface area (Å²) in [6.45, 7) is 9.25. The number of ether oxygens (including phenoxy) is 4. The lowest BCUT2D eigenvalue weighted by atomic mass is 9.90. The SMILES string of the molecule is CC1C=CC=CC1.COc1cc(CCCOC(=O)[C@@H]2CCCCN2C(=O)CC(C)(C)C)cc(OC)c1OC. The van der Waals surface area contributed by atoms with Crippen molar-refractivity contribution in [2.45, 2.75) is 78.7 Å². The summed E-state index contributed by atoms with van der Waals surface area (Å²) in [6.07, 6.45) is 14.2. The molecule has 1 aliphatic carbocycles. The molecule has 1 fully saturated rings. The predicted molar refractivity (Wildman–Crippen MR) is 151 cm³/mol. The molecule has 0 bridgehead atoms. The number of allylic oxidation sites excluding steroid dienone is 4. The predicted octanol–water partition coefficient (Wildman–Crippen LogP) is 6.14. The Balaban J connectivity index is 0.000000624. The number of benzene rings is 1. The summed E-state index contributed by atoms with van der Waals surface area (Å²) >= 11 is 0. The topological polar surface area (TPSA) is 74.3 Å². The van der Waals surface area contributed by atoms with Gasteiger partial charge in [-0.05, 0) is 67.6 Å². The van der Waals surface area contributed by atoms with E-state index in [-0.39, 0.29) is 17.3 Å². The number of likely N-dealkylation sites (tertiary alicyclic amines) is 1. The number of amides is 1. The van der Waals surface area contributed by atoms with Crippen LogP contribution in [-0.2, 0) is 20.7 Å². The fourth-order valence-corrected chi connectivity index (χ4v) is 4.56. The molecule has 7 nitrogen and oxygen atoms in total. The Kier molecular flexibility index (Phi) is 12.7. The summed E-state index contributed by atoms with van der Waals surface area (Å²) in [5.74, 6) is 2.26. The van der Waals surface area contributed by atoms with Gasteiger partial charge in [-0.15, -0.1) is 0 Å². The minimum absolute atomic E-state index is 0.0339. The Labute approximate surface area is 229 Å². The van der Waals surface area contributed by atoms with Crippen molar-refractivity contribution >= 4 is 11.9 Å². The highest BCUT2D eigenvalue weighted by Crippen LogP contribution is 2.38. The highest BCUT2D eigenvalue weighted by Gasteiger charge is 2.34. The first-order chi connectivity index (χ1) is 18.1. The maximum atomic E-state index is 12.7. The summed E-state index contributed by atoms with van der Waals surface area (Å²) in [5.41, 5.74) is 0.897. The van der Waals surface area contributed by atoms with Gasteiger partial charge in [0.2, 0.25) is 11.7 Å². The number of methoxy groups -OCH3 is 3. The van der Waals surface area contributed by atoms with Crippen molar-refractivity contribution in [1.29, 1.82) is 0 Å². The highest BCUT2D eigenvalue weighted by molar-refractivity contribution is 5.85. The van der Waals surface area contributed by atoms with Crippen LogP contribution in [0.2, 0.25) is 0 Å². The molecule has 0 saturated carbocycles.